The lowest BCUT2D eigenvalue weighted by atomic mass is 10.1. The molecule has 0 heterocycles. The van der Waals surface area contributed by atoms with Crippen LogP contribution in [0.2, 0.25) is 0 Å². The van der Waals surface area contributed by atoms with Crippen molar-refractivity contribution in [2.45, 2.75) is 77.6 Å². The number of unbranched alkanes of at least 4 members (excludes halogenated alkanes) is 8. The van der Waals surface area contributed by atoms with Crippen LogP contribution >= 0.6 is 0 Å². The van der Waals surface area contributed by atoms with Crippen molar-refractivity contribution in [2.75, 3.05) is 13.7 Å². The molecule has 0 aromatic heterocycles. The van der Waals surface area contributed by atoms with Crippen LogP contribution in [0.3, 0.4) is 0 Å². The number of phenolic OH excluding ortho intramolecular Hbond substituents is 1. The lowest BCUT2D eigenvalue weighted by Gasteiger charge is -2.08. The first-order valence-electron chi connectivity index (χ1n) is 10.4. The Kier molecular flexibility index (Phi) is 12.9. The fraction of sp³-hybridized carbons (Fsp3) is 0.609. The zero-order valence-electron chi connectivity index (χ0n) is 17.1. The van der Waals surface area contributed by atoms with Gasteiger partial charge in [0, 0.05) is 6.54 Å². The summed E-state index contributed by atoms with van der Waals surface area (Å²) >= 11 is 0. The number of nitrogens with one attached hydrogen (secondary N) is 1. The maximum Gasteiger partial charge on any atom is 0.224 e. The molecule has 0 radical (unpaired) electrons. The molecular formula is C23H37NO3. The highest BCUT2D eigenvalue weighted by atomic mass is 16.5. The molecule has 0 saturated carbocycles. The monoisotopic (exact) mass is 375 g/mol. The van der Waals surface area contributed by atoms with Gasteiger partial charge < -0.3 is 15.2 Å². The van der Waals surface area contributed by atoms with Crippen LogP contribution in [-0.4, -0.2) is 24.7 Å². The number of benzene rings is 1. The van der Waals surface area contributed by atoms with Crippen molar-refractivity contribution >= 4 is 5.91 Å². The molecular weight excluding hydrogens is 338 g/mol. The Balaban J connectivity index is 1.99. The van der Waals surface area contributed by atoms with Crippen molar-refractivity contribution in [3.8, 4) is 11.5 Å². The summed E-state index contributed by atoms with van der Waals surface area (Å²) in [4.78, 5) is 12.0. The number of carbonyl (C=O) groups is 1. The highest BCUT2D eigenvalue weighted by molar-refractivity contribution is 5.78. The van der Waals surface area contributed by atoms with E-state index in [1.54, 1.807) is 18.2 Å². The molecule has 4 nitrogen and oxygen atoms in total. The first-order valence-corrected chi connectivity index (χ1v) is 10.4. The van der Waals surface area contributed by atoms with Crippen LogP contribution in [0.1, 0.15) is 76.7 Å². The van der Waals surface area contributed by atoms with Gasteiger partial charge in [-0.25, -0.2) is 0 Å². The van der Waals surface area contributed by atoms with Crippen molar-refractivity contribution in [1.29, 1.82) is 0 Å². The first kappa shape index (κ1) is 23.1. The number of hydrogen-bond acceptors (Lipinski definition) is 3. The third kappa shape index (κ3) is 11.4. The molecule has 27 heavy (non-hydrogen) atoms. The van der Waals surface area contributed by atoms with E-state index in [0.29, 0.717) is 12.2 Å². The summed E-state index contributed by atoms with van der Waals surface area (Å²) in [6.45, 7) is 2.96. The smallest absolute Gasteiger partial charge is 0.224 e. The van der Waals surface area contributed by atoms with Crippen LogP contribution in [0.15, 0.2) is 30.4 Å². The summed E-state index contributed by atoms with van der Waals surface area (Å²) in [6, 6.07) is 5.01. The lowest BCUT2D eigenvalue weighted by Crippen LogP contribution is -2.26. The normalized spacial score (nSPS) is 11.0. The number of carbonyl (C=O) groups excluding carboxylic acids is 1. The molecule has 0 spiro atoms. The second-order valence-corrected chi connectivity index (χ2v) is 7.06. The van der Waals surface area contributed by atoms with Crippen LogP contribution in [0.5, 0.6) is 11.5 Å². The molecule has 0 bridgehead atoms. The van der Waals surface area contributed by atoms with Gasteiger partial charge in [0.05, 0.1) is 13.5 Å². The molecule has 0 fully saturated rings. The van der Waals surface area contributed by atoms with Crippen LogP contribution in [-0.2, 0) is 11.2 Å². The number of ether oxygens (including phenoxy) is 1. The van der Waals surface area contributed by atoms with Crippen molar-refractivity contribution in [3.63, 3.8) is 0 Å². The van der Waals surface area contributed by atoms with E-state index in [1.807, 2.05) is 0 Å². The van der Waals surface area contributed by atoms with Gasteiger partial charge in [0.15, 0.2) is 11.5 Å². The van der Waals surface area contributed by atoms with E-state index >= 15 is 0 Å². The summed E-state index contributed by atoms with van der Waals surface area (Å²) in [5, 5.41) is 12.5. The third-order valence-corrected chi connectivity index (χ3v) is 4.62. The Morgan fingerprint density at radius 2 is 1.70 bits per heavy atom. The van der Waals surface area contributed by atoms with Crippen molar-refractivity contribution in [3.05, 3.63) is 35.9 Å². The van der Waals surface area contributed by atoms with Crippen LogP contribution in [0.25, 0.3) is 0 Å². The molecule has 1 aromatic carbocycles. The fourth-order valence-corrected chi connectivity index (χ4v) is 2.96. The van der Waals surface area contributed by atoms with E-state index in [2.05, 4.69) is 24.4 Å². The molecule has 4 heteroatoms. The van der Waals surface area contributed by atoms with Gasteiger partial charge in [-0.1, -0.05) is 63.7 Å². The average molecular weight is 376 g/mol. The highest BCUT2D eigenvalue weighted by Gasteiger charge is 2.07. The van der Waals surface area contributed by atoms with Gasteiger partial charge in [-0.3, -0.25) is 4.79 Å². The first-order chi connectivity index (χ1) is 13.2. The molecule has 0 atom stereocenters. The quantitative estimate of drug-likeness (QED) is 0.313. The van der Waals surface area contributed by atoms with E-state index in [0.717, 1.165) is 18.5 Å². The Hall–Kier alpha value is -1.97. The molecule has 0 aliphatic rings. The third-order valence-electron chi connectivity index (χ3n) is 4.62. The number of allylic oxidation sites excluding steroid dienone is 2. The predicted molar refractivity (Wildman–Crippen MR) is 112 cm³/mol. The highest BCUT2D eigenvalue weighted by Crippen LogP contribution is 2.26. The number of rotatable bonds is 15. The van der Waals surface area contributed by atoms with E-state index in [4.69, 9.17) is 4.74 Å². The molecule has 1 rings (SSSR count). The summed E-state index contributed by atoms with van der Waals surface area (Å²) in [5.41, 5.74) is 0.839. The molecule has 152 valence electrons. The van der Waals surface area contributed by atoms with Gasteiger partial charge in [0.1, 0.15) is 0 Å². The molecule has 0 saturated heterocycles. The van der Waals surface area contributed by atoms with Gasteiger partial charge in [-0.2, -0.15) is 0 Å². The zero-order chi connectivity index (χ0) is 19.7. The van der Waals surface area contributed by atoms with E-state index in [-0.39, 0.29) is 11.7 Å². The molecule has 1 aromatic rings. The topological polar surface area (TPSA) is 58.6 Å². The average Bonchev–Trinajstić information content (AvgIpc) is 2.67. The summed E-state index contributed by atoms with van der Waals surface area (Å²) in [6.07, 6.45) is 17.3. The van der Waals surface area contributed by atoms with E-state index in [9.17, 15) is 9.90 Å². The van der Waals surface area contributed by atoms with Crippen molar-refractivity contribution in [1.82, 2.24) is 5.32 Å². The summed E-state index contributed by atoms with van der Waals surface area (Å²) < 4.78 is 5.06. The van der Waals surface area contributed by atoms with Gasteiger partial charge in [0.2, 0.25) is 5.91 Å². The summed E-state index contributed by atoms with van der Waals surface area (Å²) in [5.74, 6) is 0.503. The SMILES string of the molecule is CCCC/C=C\CCCCCCCCNC(=O)Cc1ccc(O)c(OC)c1. The van der Waals surface area contributed by atoms with Gasteiger partial charge in [0.25, 0.3) is 0 Å². The zero-order valence-corrected chi connectivity index (χ0v) is 17.1. The molecule has 0 aliphatic carbocycles. The Labute approximate surface area is 165 Å². The minimum absolute atomic E-state index is 0.0117. The van der Waals surface area contributed by atoms with Gasteiger partial charge in [-0.05, 0) is 43.4 Å². The van der Waals surface area contributed by atoms with Crippen molar-refractivity contribution < 1.29 is 14.6 Å². The van der Waals surface area contributed by atoms with Crippen LogP contribution in [0, 0.1) is 0 Å². The minimum Gasteiger partial charge on any atom is -0.504 e. The summed E-state index contributed by atoms with van der Waals surface area (Å²) in [7, 11) is 1.50. The molecule has 2 N–H and O–H groups in total. The maximum absolute atomic E-state index is 12.0. The van der Waals surface area contributed by atoms with Gasteiger partial charge in [-0.15, -0.1) is 0 Å². The predicted octanol–water partition coefficient (Wildman–Crippen LogP) is 5.54. The number of phenols is 1. The second kappa shape index (κ2) is 15.1. The van der Waals surface area contributed by atoms with E-state index < -0.39 is 0 Å². The fourth-order valence-electron chi connectivity index (χ4n) is 2.96. The maximum atomic E-state index is 12.0. The molecule has 0 unspecified atom stereocenters. The number of hydrogen-bond donors (Lipinski definition) is 2. The van der Waals surface area contributed by atoms with Crippen LogP contribution in [0.4, 0.5) is 0 Å². The number of amides is 1. The Bertz CT molecular complexity index is 555. The molecule has 0 aliphatic heterocycles. The Morgan fingerprint density at radius 1 is 1.04 bits per heavy atom. The lowest BCUT2D eigenvalue weighted by molar-refractivity contribution is -0.120. The van der Waals surface area contributed by atoms with Crippen molar-refractivity contribution in [2.24, 2.45) is 0 Å². The second-order valence-electron chi connectivity index (χ2n) is 7.06. The number of methoxy groups -OCH3 is 1. The minimum atomic E-state index is 0.0117. The largest absolute Gasteiger partial charge is 0.504 e. The van der Waals surface area contributed by atoms with Gasteiger partial charge >= 0.3 is 0 Å². The standard InChI is InChI=1S/C23H37NO3/c1-3-4-5-6-7-8-9-10-11-12-13-14-17-24-23(26)19-20-15-16-21(25)22(18-20)27-2/h6-7,15-16,18,25H,3-5,8-14,17,19H2,1-2H3,(H,24,26)/b7-6-. The van der Waals surface area contributed by atoms with Crippen LogP contribution < -0.4 is 10.1 Å². The number of aromatic hydroxyl groups is 1. The Morgan fingerprint density at radius 3 is 2.41 bits per heavy atom. The molecule has 1 amide bonds. The van der Waals surface area contributed by atoms with E-state index in [1.165, 1.54) is 64.9 Å².